The molecule has 0 aliphatic rings. The first-order valence-electron chi connectivity index (χ1n) is 8.51. The number of rotatable bonds is 5. The molecule has 5 N–H and O–H groups in total. The van der Waals surface area contributed by atoms with E-state index in [1.807, 2.05) is 19.1 Å². The van der Waals surface area contributed by atoms with E-state index in [1.54, 1.807) is 30.3 Å². The third-order valence-corrected chi connectivity index (χ3v) is 4.32. The zero-order chi connectivity index (χ0) is 20.4. The van der Waals surface area contributed by atoms with Crippen molar-refractivity contribution in [3.05, 3.63) is 59.1 Å². The van der Waals surface area contributed by atoms with Crippen molar-refractivity contribution in [1.82, 2.24) is 20.2 Å². The third-order valence-electron chi connectivity index (χ3n) is 3.90. The van der Waals surface area contributed by atoms with E-state index < -0.39 is 0 Å². The first-order valence-corrected chi connectivity index (χ1v) is 8.89. The average Bonchev–Trinajstić information content (AvgIpc) is 3.13. The lowest BCUT2D eigenvalue weighted by Gasteiger charge is -2.06. The number of nitrogens with two attached hydrogens (primary N) is 2. The summed E-state index contributed by atoms with van der Waals surface area (Å²) >= 11 is 6.04. The summed E-state index contributed by atoms with van der Waals surface area (Å²) in [5.74, 6) is 1.43. The molecule has 0 saturated carbocycles. The van der Waals surface area contributed by atoms with Crippen LogP contribution in [-0.2, 0) is 0 Å². The van der Waals surface area contributed by atoms with Gasteiger partial charge < -0.3 is 25.9 Å². The van der Waals surface area contributed by atoms with Crippen LogP contribution in [0.4, 0.5) is 23.5 Å². The molecule has 9 nitrogen and oxygen atoms in total. The Balaban J connectivity index is 1.47. The molecule has 2 aromatic carbocycles. The molecular weight excluding hydrogens is 394 g/mol. The van der Waals surface area contributed by atoms with E-state index in [9.17, 15) is 0 Å². The average molecular weight is 410 g/mol. The second-order valence-electron chi connectivity index (χ2n) is 6.12. The SMILES string of the molecule is Cc1cc(Nc2nnc(-c3ccc(Oc4cc(N)nc(N)n4)cc3)o2)ccc1Cl. The van der Waals surface area contributed by atoms with Gasteiger partial charge >= 0.3 is 6.01 Å². The minimum Gasteiger partial charge on any atom is -0.439 e. The van der Waals surface area contributed by atoms with E-state index >= 15 is 0 Å². The summed E-state index contributed by atoms with van der Waals surface area (Å²) in [6.07, 6.45) is 0. The fraction of sp³-hybridized carbons (Fsp3) is 0.0526. The van der Waals surface area contributed by atoms with Crippen LogP contribution in [0.2, 0.25) is 5.02 Å². The molecule has 4 rings (SSSR count). The molecule has 0 spiro atoms. The molecule has 4 aromatic rings. The van der Waals surface area contributed by atoms with Gasteiger partial charge in [-0.3, -0.25) is 0 Å². The topological polar surface area (TPSA) is 138 Å². The Morgan fingerprint density at radius 1 is 1.00 bits per heavy atom. The summed E-state index contributed by atoms with van der Waals surface area (Å²) in [5, 5.41) is 11.8. The van der Waals surface area contributed by atoms with E-state index in [0.717, 1.165) is 16.8 Å². The van der Waals surface area contributed by atoms with E-state index in [2.05, 4.69) is 25.5 Å². The second kappa shape index (κ2) is 7.64. The zero-order valence-corrected chi connectivity index (χ0v) is 16.0. The number of nitrogens with one attached hydrogen (secondary N) is 1. The van der Waals surface area contributed by atoms with Gasteiger partial charge in [0.15, 0.2) is 0 Å². The van der Waals surface area contributed by atoms with Gasteiger partial charge in [-0.05, 0) is 55.0 Å². The minimum absolute atomic E-state index is 0.0402. The normalized spacial score (nSPS) is 10.7. The number of benzene rings is 2. The Labute approximate surface area is 170 Å². The number of hydrogen-bond donors (Lipinski definition) is 3. The van der Waals surface area contributed by atoms with E-state index in [1.165, 1.54) is 6.07 Å². The molecule has 29 heavy (non-hydrogen) atoms. The van der Waals surface area contributed by atoms with Crippen LogP contribution >= 0.6 is 11.6 Å². The molecule has 2 aromatic heterocycles. The van der Waals surface area contributed by atoms with Crippen molar-refractivity contribution in [3.63, 3.8) is 0 Å². The minimum atomic E-state index is 0.0402. The molecular formula is C19H16ClN7O2. The first-order chi connectivity index (χ1) is 14.0. The number of nitrogen functional groups attached to an aromatic ring is 2. The Morgan fingerprint density at radius 3 is 2.52 bits per heavy atom. The smallest absolute Gasteiger partial charge is 0.320 e. The van der Waals surface area contributed by atoms with Crippen molar-refractivity contribution >= 4 is 35.1 Å². The molecule has 146 valence electrons. The predicted octanol–water partition coefficient (Wildman–Crippen LogP) is 4.19. The van der Waals surface area contributed by atoms with Crippen molar-refractivity contribution in [1.29, 1.82) is 0 Å². The number of nitrogens with zero attached hydrogens (tertiary/aromatic N) is 4. The Morgan fingerprint density at radius 2 is 1.79 bits per heavy atom. The summed E-state index contributed by atoms with van der Waals surface area (Å²) < 4.78 is 11.3. The number of halogens is 1. The molecule has 0 atom stereocenters. The molecule has 0 fully saturated rings. The summed E-state index contributed by atoms with van der Waals surface area (Å²) in [4.78, 5) is 7.77. The Bertz CT molecular complexity index is 1140. The summed E-state index contributed by atoms with van der Waals surface area (Å²) in [6, 6.07) is 14.3. The van der Waals surface area contributed by atoms with Gasteiger partial charge in [0.05, 0.1) is 0 Å². The largest absolute Gasteiger partial charge is 0.439 e. The third kappa shape index (κ3) is 4.36. The summed E-state index contributed by atoms with van der Waals surface area (Å²) in [5.41, 5.74) is 13.7. The maximum Gasteiger partial charge on any atom is 0.320 e. The highest BCUT2D eigenvalue weighted by molar-refractivity contribution is 6.31. The molecule has 0 amide bonds. The van der Waals surface area contributed by atoms with Crippen LogP contribution < -0.4 is 21.5 Å². The van der Waals surface area contributed by atoms with Crippen LogP contribution in [-0.4, -0.2) is 20.2 Å². The highest BCUT2D eigenvalue weighted by Crippen LogP contribution is 2.27. The van der Waals surface area contributed by atoms with Gasteiger partial charge in [0.2, 0.25) is 17.7 Å². The maximum absolute atomic E-state index is 6.04. The van der Waals surface area contributed by atoms with Crippen molar-refractivity contribution in [2.75, 3.05) is 16.8 Å². The lowest BCUT2D eigenvalue weighted by atomic mass is 10.2. The van der Waals surface area contributed by atoms with Gasteiger partial charge in [-0.2, -0.15) is 9.97 Å². The number of anilines is 4. The lowest BCUT2D eigenvalue weighted by molar-refractivity contribution is 0.463. The number of aryl methyl sites for hydroxylation is 1. The van der Waals surface area contributed by atoms with Gasteiger partial charge in [0.25, 0.3) is 0 Å². The predicted molar refractivity (Wildman–Crippen MR) is 110 cm³/mol. The van der Waals surface area contributed by atoms with Crippen LogP contribution in [0.3, 0.4) is 0 Å². The van der Waals surface area contributed by atoms with Crippen molar-refractivity contribution < 1.29 is 9.15 Å². The Hall–Kier alpha value is -3.85. The van der Waals surface area contributed by atoms with E-state index in [-0.39, 0.29) is 23.7 Å². The van der Waals surface area contributed by atoms with Crippen molar-refractivity contribution in [2.24, 2.45) is 0 Å². The highest BCUT2D eigenvalue weighted by atomic mass is 35.5. The van der Waals surface area contributed by atoms with Crippen LogP contribution in [0.15, 0.2) is 52.9 Å². The maximum atomic E-state index is 6.04. The fourth-order valence-corrected chi connectivity index (χ4v) is 2.65. The highest BCUT2D eigenvalue weighted by Gasteiger charge is 2.10. The summed E-state index contributed by atoms with van der Waals surface area (Å²) in [7, 11) is 0. The van der Waals surface area contributed by atoms with Gasteiger partial charge in [0, 0.05) is 22.3 Å². The number of ether oxygens (including phenoxy) is 1. The van der Waals surface area contributed by atoms with Crippen LogP contribution in [0.25, 0.3) is 11.5 Å². The standard InChI is InChI=1S/C19H16ClN7O2/c1-10-8-12(4-7-14(10)20)23-19-27-26-17(29-19)11-2-5-13(6-3-11)28-16-9-15(21)24-18(22)25-16/h2-9H,1H3,(H,23,27)(H4,21,22,24,25). The van der Waals surface area contributed by atoms with Crippen molar-refractivity contribution in [2.45, 2.75) is 6.92 Å². The monoisotopic (exact) mass is 409 g/mol. The van der Waals surface area contributed by atoms with E-state index in [4.69, 9.17) is 32.2 Å². The fourth-order valence-electron chi connectivity index (χ4n) is 2.54. The van der Waals surface area contributed by atoms with Crippen LogP contribution in [0, 0.1) is 6.92 Å². The van der Waals surface area contributed by atoms with Crippen LogP contribution in [0.5, 0.6) is 11.6 Å². The number of aromatic nitrogens is 4. The molecule has 0 radical (unpaired) electrons. The number of hydrogen-bond acceptors (Lipinski definition) is 9. The second-order valence-corrected chi connectivity index (χ2v) is 6.52. The van der Waals surface area contributed by atoms with Gasteiger partial charge in [-0.15, -0.1) is 5.10 Å². The van der Waals surface area contributed by atoms with Gasteiger partial charge in [0.1, 0.15) is 11.6 Å². The zero-order valence-electron chi connectivity index (χ0n) is 15.3. The Kier molecular flexibility index (Phi) is 4.88. The quantitative estimate of drug-likeness (QED) is 0.442. The lowest BCUT2D eigenvalue weighted by Crippen LogP contribution is -2.00. The molecule has 0 aliphatic heterocycles. The van der Waals surface area contributed by atoms with Crippen molar-refractivity contribution in [3.8, 4) is 23.1 Å². The van der Waals surface area contributed by atoms with E-state index in [0.29, 0.717) is 16.7 Å². The molecule has 0 unspecified atom stereocenters. The molecule has 2 heterocycles. The van der Waals surface area contributed by atoms with Crippen LogP contribution in [0.1, 0.15) is 5.56 Å². The molecule has 0 aliphatic carbocycles. The van der Waals surface area contributed by atoms with Gasteiger partial charge in [-0.1, -0.05) is 16.7 Å². The molecule has 0 bridgehead atoms. The molecule has 0 saturated heterocycles. The molecule has 10 heteroatoms. The summed E-state index contributed by atoms with van der Waals surface area (Å²) in [6.45, 7) is 1.92. The first kappa shape index (κ1) is 18.5. The van der Waals surface area contributed by atoms with Gasteiger partial charge in [-0.25, -0.2) is 0 Å².